The van der Waals surface area contributed by atoms with Gasteiger partial charge in [-0.05, 0) is 13.5 Å². The Kier molecular flexibility index (Phi) is 11.6. The molecule has 0 spiro atoms. The Labute approximate surface area is 92.7 Å². The molecular formula is C9H19N2O3P. The summed E-state index contributed by atoms with van der Waals surface area (Å²) in [6, 6.07) is 2.01. The summed E-state index contributed by atoms with van der Waals surface area (Å²) in [6.07, 6.45) is 1.40. The molecule has 0 fully saturated rings. The summed E-state index contributed by atoms with van der Waals surface area (Å²) in [4.78, 5) is 0. The Morgan fingerprint density at radius 2 is 1.93 bits per heavy atom. The monoisotopic (exact) mass is 234 g/mol. The zero-order chi connectivity index (χ0) is 11.4. The van der Waals surface area contributed by atoms with Gasteiger partial charge in [0.05, 0.1) is 32.3 Å². The molecule has 0 aromatic heterocycles. The van der Waals surface area contributed by atoms with Gasteiger partial charge in [-0.2, -0.15) is 5.26 Å². The summed E-state index contributed by atoms with van der Waals surface area (Å²) in [5.41, 5.74) is 0. The van der Waals surface area contributed by atoms with Gasteiger partial charge in [-0.3, -0.25) is 5.09 Å². The average molecular weight is 234 g/mol. The van der Waals surface area contributed by atoms with Crippen molar-refractivity contribution in [3.05, 3.63) is 0 Å². The van der Waals surface area contributed by atoms with Gasteiger partial charge in [0.15, 0.2) is 0 Å². The SMILES string of the molecule is CCCOCCOP(NC)OCCC#N. The molecule has 0 saturated heterocycles. The van der Waals surface area contributed by atoms with Gasteiger partial charge in [0, 0.05) is 6.61 Å². The first kappa shape index (κ1) is 14.8. The Morgan fingerprint density at radius 1 is 1.20 bits per heavy atom. The molecule has 6 heteroatoms. The van der Waals surface area contributed by atoms with E-state index in [2.05, 4.69) is 12.0 Å². The maximum Gasteiger partial charge on any atom is 0.255 e. The molecule has 0 aliphatic carbocycles. The summed E-state index contributed by atoms with van der Waals surface area (Å²) < 4.78 is 15.9. The lowest BCUT2D eigenvalue weighted by molar-refractivity contribution is 0.0974. The van der Waals surface area contributed by atoms with Gasteiger partial charge in [0.1, 0.15) is 0 Å². The van der Waals surface area contributed by atoms with E-state index in [4.69, 9.17) is 19.0 Å². The topological polar surface area (TPSA) is 63.5 Å². The Hall–Kier alpha value is -0.240. The molecule has 0 amide bonds. The molecule has 0 bridgehead atoms. The van der Waals surface area contributed by atoms with Crippen LogP contribution in [0.15, 0.2) is 0 Å². The minimum absolute atomic E-state index is 0.385. The van der Waals surface area contributed by atoms with Crippen LogP contribution in [-0.2, 0) is 13.8 Å². The van der Waals surface area contributed by atoms with Crippen molar-refractivity contribution in [2.45, 2.75) is 19.8 Å². The summed E-state index contributed by atoms with van der Waals surface area (Å²) in [5, 5.41) is 11.2. The fourth-order valence-electron chi connectivity index (χ4n) is 0.766. The molecule has 5 nitrogen and oxygen atoms in total. The van der Waals surface area contributed by atoms with Gasteiger partial charge >= 0.3 is 0 Å². The van der Waals surface area contributed by atoms with Gasteiger partial charge in [-0.25, -0.2) is 0 Å². The highest BCUT2D eigenvalue weighted by molar-refractivity contribution is 7.44. The van der Waals surface area contributed by atoms with E-state index in [1.165, 1.54) is 0 Å². The van der Waals surface area contributed by atoms with E-state index < -0.39 is 8.53 Å². The third kappa shape index (κ3) is 10.1. The number of nitriles is 1. The molecule has 15 heavy (non-hydrogen) atoms. The molecular weight excluding hydrogens is 215 g/mol. The van der Waals surface area contributed by atoms with Crippen LogP contribution in [0.5, 0.6) is 0 Å². The van der Waals surface area contributed by atoms with Crippen LogP contribution in [-0.4, -0.2) is 33.5 Å². The Balaban J connectivity index is 3.32. The number of ether oxygens (including phenoxy) is 1. The second kappa shape index (κ2) is 11.8. The van der Waals surface area contributed by atoms with Crippen LogP contribution in [0.25, 0.3) is 0 Å². The van der Waals surface area contributed by atoms with Crippen LogP contribution < -0.4 is 5.09 Å². The Bertz CT molecular complexity index is 175. The molecule has 0 saturated carbocycles. The van der Waals surface area contributed by atoms with Gasteiger partial charge < -0.3 is 13.8 Å². The minimum Gasteiger partial charge on any atom is -0.379 e. The number of nitrogens with one attached hydrogen (secondary N) is 1. The fraction of sp³-hybridized carbons (Fsp3) is 0.889. The van der Waals surface area contributed by atoms with E-state index in [0.717, 1.165) is 13.0 Å². The van der Waals surface area contributed by atoms with Crippen molar-refractivity contribution in [3.63, 3.8) is 0 Å². The fourth-order valence-corrected chi connectivity index (χ4v) is 1.60. The largest absolute Gasteiger partial charge is 0.379 e. The normalized spacial score (nSPS) is 12.3. The van der Waals surface area contributed by atoms with Crippen molar-refractivity contribution >= 4 is 8.53 Å². The van der Waals surface area contributed by atoms with Crippen molar-refractivity contribution in [1.29, 1.82) is 5.26 Å². The zero-order valence-electron chi connectivity index (χ0n) is 9.36. The third-order valence-electron chi connectivity index (χ3n) is 1.39. The first-order chi connectivity index (χ1) is 7.35. The maximum atomic E-state index is 8.32. The van der Waals surface area contributed by atoms with Crippen LogP contribution in [0.3, 0.4) is 0 Å². The van der Waals surface area contributed by atoms with E-state index >= 15 is 0 Å². The third-order valence-corrected chi connectivity index (χ3v) is 2.59. The molecule has 0 rings (SSSR count). The molecule has 0 aromatic rings. The van der Waals surface area contributed by atoms with Crippen LogP contribution in [0, 0.1) is 11.3 Å². The number of hydrogen-bond donors (Lipinski definition) is 1. The number of nitrogens with zero attached hydrogens (tertiary/aromatic N) is 1. The predicted octanol–water partition coefficient (Wildman–Crippen LogP) is 1.81. The quantitative estimate of drug-likeness (QED) is 0.461. The van der Waals surface area contributed by atoms with Crippen LogP contribution in [0.2, 0.25) is 0 Å². The van der Waals surface area contributed by atoms with E-state index in [1.807, 2.05) is 6.07 Å². The van der Waals surface area contributed by atoms with Gasteiger partial charge in [-0.1, -0.05) is 6.92 Å². The van der Waals surface area contributed by atoms with Crippen molar-refractivity contribution in [2.24, 2.45) is 0 Å². The molecule has 0 aromatic carbocycles. The molecule has 1 atom stereocenters. The highest BCUT2D eigenvalue weighted by Gasteiger charge is 2.06. The van der Waals surface area contributed by atoms with Crippen molar-refractivity contribution in [1.82, 2.24) is 5.09 Å². The highest BCUT2D eigenvalue weighted by Crippen LogP contribution is 2.32. The molecule has 0 radical (unpaired) electrons. The van der Waals surface area contributed by atoms with Gasteiger partial charge in [-0.15, -0.1) is 0 Å². The minimum atomic E-state index is -1.07. The van der Waals surface area contributed by atoms with E-state index in [-0.39, 0.29) is 0 Å². The first-order valence-corrected chi connectivity index (χ1v) is 6.21. The van der Waals surface area contributed by atoms with Gasteiger partial charge in [0.25, 0.3) is 8.53 Å². The van der Waals surface area contributed by atoms with Gasteiger partial charge in [0.2, 0.25) is 0 Å². The molecule has 0 aliphatic heterocycles. The summed E-state index contributed by atoms with van der Waals surface area (Å²) >= 11 is 0. The van der Waals surface area contributed by atoms with Crippen molar-refractivity contribution in [3.8, 4) is 6.07 Å². The van der Waals surface area contributed by atoms with Crippen molar-refractivity contribution < 1.29 is 13.8 Å². The Morgan fingerprint density at radius 3 is 2.53 bits per heavy atom. The zero-order valence-corrected chi connectivity index (χ0v) is 10.3. The number of rotatable bonds is 10. The second-order valence-electron chi connectivity index (χ2n) is 2.67. The van der Waals surface area contributed by atoms with E-state index in [1.54, 1.807) is 7.05 Å². The van der Waals surface area contributed by atoms with Crippen molar-refractivity contribution in [2.75, 3.05) is 33.5 Å². The second-order valence-corrected chi connectivity index (χ2v) is 4.15. The molecule has 1 unspecified atom stereocenters. The first-order valence-electron chi connectivity index (χ1n) is 5.03. The standard InChI is InChI=1S/C9H19N2O3P/c1-3-6-12-8-9-14-15(11-2)13-7-4-5-10/h11H,3-4,6-9H2,1-2H3. The summed E-state index contributed by atoms with van der Waals surface area (Å²) in [6.45, 7) is 4.32. The summed E-state index contributed by atoms with van der Waals surface area (Å²) in [7, 11) is 0.697. The lowest BCUT2D eigenvalue weighted by Gasteiger charge is -2.14. The maximum absolute atomic E-state index is 8.32. The van der Waals surface area contributed by atoms with E-state index in [9.17, 15) is 0 Å². The summed E-state index contributed by atoms with van der Waals surface area (Å²) in [5.74, 6) is 0. The van der Waals surface area contributed by atoms with Crippen LogP contribution >= 0.6 is 8.53 Å². The molecule has 0 heterocycles. The molecule has 1 N–H and O–H groups in total. The van der Waals surface area contributed by atoms with E-state index in [0.29, 0.717) is 26.2 Å². The lowest BCUT2D eigenvalue weighted by Crippen LogP contribution is -2.09. The number of hydrogen-bond acceptors (Lipinski definition) is 5. The molecule has 0 aliphatic rings. The predicted molar refractivity (Wildman–Crippen MR) is 59.2 cm³/mol. The lowest BCUT2D eigenvalue weighted by atomic mass is 10.5. The van der Waals surface area contributed by atoms with Crippen LogP contribution in [0.1, 0.15) is 19.8 Å². The van der Waals surface area contributed by atoms with Crippen LogP contribution in [0.4, 0.5) is 0 Å². The smallest absolute Gasteiger partial charge is 0.255 e. The highest BCUT2D eigenvalue weighted by atomic mass is 31.2. The molecule has 88 valence electrons. The average Bonchev–Trinajstić information content (AvgIpc) is 2.26.